The molecule has 0 aliphatic carbocycles. The highest BCUT2D eigenvalue weighted by molar-refractivity contribution is 5.88. The summed E-state index contributed by atoms with van der Waals surface area (Å²) in [5, 5.41) is 11.2. The molecular formula is C11H13NO4. The highest BCUT2D eigenvalue weighted by Crippen LogP contribution is 2.07. The van der Waals surface area contributed by atoms with Crippen LogP contribution in [0.3, 0.4) is 0 Å². The van der Waals surface area contributed by atoms with Crippen molar-refractivity contribution in [3.8, 4) is 0 Å². The molecular weight excluding hydrogens is 210 g/mol. The van der Waals surface area contributed by atoms with E-state index in [-0.39, 0.29) is 18.2 Å². The predicted molar refractivity (Wildman–Crippen MR) is 56.9 cm³/mol. The summed E-state index contributed by atoms with van der Waals surface area (Å²) in [5.74, 6) is -1.07. The molecule has 0 aliphatic rings. The van der Waals surface area contributed by atoms with E-state index in [9.17, 15) is 9.59 Å². The van der Waals surface area contributed by atoms with Gasteiger partial charge in [-0.25, -0.2) is 4.79 Å². The smallest absolute Gasteiger partial charge is 0.371 e. The molecule has 86 valence electrons. The average Bonchev–Trinajstić information content (AvgIpc) is 2.61. The second-order valence-electron chi connectivity index (χ2n) is 3.51. The lowest BCUT2D eigenvalue weighted by Gasteiger charge is -1.99. The first-order chi connectivity index (χ1) is 7.49. The fourth-order valence-electron chi connectivity index (χ4n) is 1.08. The third-order valence-electron chi connectivity index (χ3n) is 1.73. The largest absolute Gasteiger partial charge is 0.475 e. The number of hydrogen-bond acceptors (Lipinski definition) is 3. The molecule has 0 bridgehead atoms. The van der Waals surface area contributed by atoms with E-state index in [0.717, 1.165) is 5.57 Å². The van der Waals surface area contributed by atoms with Gasteiger partial charge in [-0.15, -0.1) is 0 Å². The maximum absolute atomic E-state index is 11.2. The van der Waals surface area contributed by atoms with Crippen LogP contribution < -0.4 is 5.32 Å². The van der Waals surface area contributed by atoms with Gasteiger partial charge in [0.15, 0.2) is 0 Å². The Bertz CT molecular complexity index is 427. The van der Waals surface area contributed by atoms with Crippen molar-refractivity contribution in [2.24, 2.45) is 0 Å². The molecule has 0 aliphatic heterocycles. The van der Waals surface area contributed by atoms with Crippen LogP contribution in [0.4, 0.5) is 0 Å². The minimum absolute atomic E-state index is 0.133. The molecule has 2 N–H and O–H groups in total. The Hall–Kier alpha value is -2.04. The van der Waals surface area contributed by atoms with Crippen LogP contribution in [0.1, 0.15) is 30.2 Å². The summed E-state index contributed by atoms with van der Waals surface area (Å²) in [6, 6.07) is 2.87. The maximum Gasteiger partial charge on any atom is 0.371 e. The third-order valence-corrected chi connectivity index (χ3v) is 1.73. The highest BCUT2D eigenvalue weighted by atomic mass is 16.4. The molecule has 0 fully saturated rings. The molecule has 0 saturated carbocycles. The number of rotatable bonds is 4. The Morgan fingerprint density at radius 2 is 2.12 bits per heavy atom. The van der Waals surface area contributed by atoms with Crippen LogP contribution in [0.2, 0.25) is 0 Å². The van der Waals surface area contributed by atoms with Gasteiger partial charge in [0.05, 0.1) is 6.54 Å². The second-order valence-corrected chi connectivity index (χ2v) is 3.51. The van der Waals surface area contributed by atoms with E-state index in [0.29, 0.717) is 5.76 Å². The van der Waals surface area contributed by atoms with Crippen LogP contribution in [0.25, 0.3) is 0 Å². The van der Waals surface area contributed by atoms with Crippen molar-refractivity contribution in [3.63, 3.8) is 0 Å². The van der Waals surface area contributed by atoms with E-state index in [4.69, 9.17) is 9.52 Å². The van der Waals surface area contributed by atoms with Crippen molar-refractivity contribution in [2.45, 2.75) is 20.4 Å². The number of aromatic carboxylic acids is 1. The van der Waals surface area contributed by atoms with Crippen LogP contribution in [0.5, 0.6) is 0 Å². The van der Waals surface area contributed by atoms with Crippen molar-refractivity contribution in [1.82, 2.24) is 5.32 Å². The van der Waals surface area contributed by atoms with E-state index < -0.39 is 5.97 Å². The summed E-state index contributed by atoms with van der Waals surface area (Å²) < 4.78 is 4.97. The molecule has 0 saturated heterocycles. The lowest BCUT2D eigenvalue weighted by Crippen LogP contribution is -2.20. The monoisotopic (exact) mass is 223 g/mol. The van der Waals surface area contributed by atoms with E-state index in [1.165, 1.54) is 18.2 Å². The summed E-state index contributed by atoms with van der Waals surface area (Å²) in [6.07, 6.45) is 1.46. The number of carbonyl (C=O) groups excluding carboxylic acids is 1. The lowest BCUT2D eigenvalue weighted by atomic mass is 10.3. The number of carboxylic acids is 1. The fraction of sp³-hybridized carbons (Fsp3) is 0.273. The summed E-state index contributed by atoms with van der Waals surface area (Å²) in [5.41, 5.74) is 0.892. The van der Waals surface area contributed by atoms with Gasteiger partial charge < -0.3 is 14.8 Å². The maximum atomic E-state index is 11.2. The molecule has 1 heterocycles. The molecule has 1 amide bonds. The Kier molecular flexibility index (Phi) is 3.88. The number of furan rings is 1. The summed E-state index contributed by atoms with van der Waals surface area (Å²) in [4.78, 5) is 21.7. The Morgan fingerprint density at radius 3 is 2.62 bits per heavy atom. The van der Waals surface area contributed by atoms with Gasteiger partial charge in [-0.2, -0.15) is 0 Å². The first kappa shape index (κ1) is 12.0. The molecule has 5 heteroatoms. The molecule has 0 atom stereocenters. The van der Waals surface area contributed by atoms with Gasteiger partial charge in [-0.05, 0) is 26.0 Å². The quantitative estimate of drug-likeness (QED) is 0.759. The minimum atomic E-state index is -1.12. The zero-order valence-corrected chi connectivity index (χ0v) is 9.11. The van der Waals surface area contributed by atoms with Crippen LogP contribution in [0, 0.1) is 0 Å². The first-order valence-electron chi connectivity index (χ1n) is 4.74. The number of carboxylic acid groups (broad SMARTS) is 1. The Balaban J connectivity index is 2.52. The summed E-state index contributed by atoms with van der Waals surface area (Å²) >= 11 is 0. The van der Waals surface area contributed by atoms with Gasteiger partial charge >= 0.3 is 5.97 Å². The van der Waals surface area contributed by atoms with E-state index >= 15 is 0 Å². The van der Waals surface area contributed by atoms with E-state index in [1.54, 1.807) is 0 Å². The highest BCUT2D eigenvalue weighted by Gasteiger charge is 2.08. The van der Waals surface area contributed by atoms with Gasteiger partial charge in [0.25, 0.3) is 0 Å². The van der Waals surface area contributed by atoms with Gasteiger partial charge in [0, 0.05) is 6.08 Å². The number of carbonyl (C=O) groups is 2. The predicted octanol–water partition coefficient (Wildman–Crippen LogP) is 1.56. The molecule has 16 heavy (non-hydrogen) atoms. The average molecular weight is 223 g/mol. The van der Waals surface area contributed by atoms with Crippen molar-refractivity contribution in [2.75, 3.05) is 0 Å². The van der Waals surface area contributed by atoms with Crippen molar-refractivity contribution < 1.29 is 19.1 Å². The van der Waals surface area contributed by atoms with Gasteiger partial charge in [0.2, 0.25) is 11.7 Å². The number of hydrogen-bond donors (Lipinski definition) is 2. The van der Waals surface area contributed by atoms with Gasteiger partial charge in [0.1, 0.15) is 5.76 Å². The summed E-state index contributed by atoms with van der Waals surface area (Å²) in [7, 11) is 0. The molecule has 0 spiro atoms. The topological polar surface area (TPSA) is 79.5 Å². The molecule has 0 aromatic carbocycles. The van der Waals surface area contributed by atoms with Crippen LogP contribution in [-0.4, -0.2) is 17.0 Å². The SMILES string of the molecule is CC(C)=CC(=O)NCc1ccc(C(=O)O)o1. The molecule has 1 aromatic rings. The number of allylic oxidation sites excluding steroid dienone is 1. The number of nitrogens with one attached hydrogen (secondary N) is 1. The lowest BCUT2D eigenvalue weighted by molar-refractivity contribution is -0.116. The zero-order chi connectivity index (χ0) is 12.1. The van der Waals surface area contributed by atoms with E-state index in [1.807, 2.05) is 13.8 Å². The molecule has 5 nitrogen and oxygen atoms in total. The van der Waals surface area contributed by atoms with E-state index in [2.05, 4.69) is 5.32 Å². The van der Waals surface area contributed by atoms with Gasteiger partial charge in [-0.3, -0.25) is 4.79 Å². The van der Waals surface area contributed by atoms with Crippen molar-refractivity contribution in [3.05, 3.63) is 35.3 Å². The Morgan fingerprint density at radius 1 is 1.44 bits per heavy atom. The second kappa shape index (κ2) is 5.16. The first-order valence-corrected chi connectivity index (χ1v) is 4.74. The summed E-state index contributed by atoms with van der Waals surface area (Å²) in [6.45, 7) is 3.81. The van der Waals surface area contributed by atoms with Gasteiger partial charge in [-0.1, -0.05) is 5.57 Å². The molecule has 1 rings (SSSR count). The minimum Gasteiger partial charge on any atom is -0.475 e. The third kappa shape index (κ3) is 3.61. The van der Waals surface area contributed by atoms with Crippen LogP contribution in [0.15, 0.2) is 28.2 Å². The number of amides is 1. The normalized spacial score (nSPS) is 9.62. The van der Waals surface area contributed by atoms with Crippen LogP contribution in [-0.2, 0) is 11.3 Å². The Labute approximate surface area is 92.8 Å². The van der Waals surface area contributed by atoms with Crippen molar-refractivity contribution >= 4 is 11.9 Å². The van der Waals surface area contributed by atoms with Crippen LogP contribution >= 0.6 is 0 Å². The molecule has 1 aromatic heterocycles. The van der Waals surface area contributed by atoms with Crippen molar-refractivity contribution in [1.29, 1.82) is 0 Å². The molecule has 0 radical (unpaired) electrons. The fourth-order valence-corrected chi connectivity index (χ4v) is 1.08. The zero-order valence-electron chi connectivity index (χ0n) is 9.11. The molecule has 0 unspecified atom stereocenters. The standard InChI is InChI=1S/C11H13NO4/c1-7(2)5-10(13)12-6-8-3-4-9(16-8)11(14)15/h3-5H,6H2,1-2H3,(H,12,13)(H,14,15).